The van der Waals surface area contributed by atoms with Crippen LogP contribution >= 0.6 is 0 Å². The summed E-state index contributed by atoms with van der Waals surface area (Å²) >= 11 is 0. The number of nitrogens with two attached hydrogens (primary N) is 1. The average Bonchev–Trinajstić information content (AvgIpc) is 2.89. The van der Waals surface area contributed by atoms with Gasteiger partial charge in [0, 0.05) is 12.2 Å². The van der Waals surface area contributed by atoms with Crippen molar-refractivity contribution in [3.8, 4) is 0 Å². The molecule has 3 rings (SSSR count). The van der Waals surface area contributed by atoms with Crippen LogP contribution in [-0.4, -0.2) is 20.4 Å². The van der Waals surface area contributed by atoms with E-state index < -0.39 is 12.0 Å². The number of benzene rings is 1. The molecule has 0 saturated carbocycles. The number of aryl methyl sites for hydroxylation is 4. The Balaban J connectivity index is 2.17. The predicted molar refractivity (Wildman–Crippen MR) is 107 cm³/mol. The Morgan fingerprint density at radius 3 is 2.44 bits per heavy atom. The van der Waals surface area contributed by atoms with E-state index in [2.05, 4.69) is 36.3 Å². The lowest BCUT2D eigenvalue weighted by atomic mass is 10.0. The summed E-state index contributed by atoms with van der Waals surface area (Å²) in [6.07, 6.45) is -0.852. The fourth-order valence-corrected chi connectivity index (χ4v) is 3.54. The van der Waals surface area contributed by atoms with Gasteiger partial charge in [-0.05, 0) is 57.4 Å². The number of fused-ring (bicyclic) bond motifs is 1. The SMILES string of the molecule is Cc1cccc(C)c1CNc1cc(C(N)=O)c(C(C)O)n2c(C)c(C)nc12. The van der Waals surface area contributed by atoms with E-state index in [1.54, 1.807) is 13.0 Å². The zero-order valence-electron chi connectivity index (χ0n) is 16.4. The first kappa shape index (κ1) is 18.9. The van der Waals surface area contributed by atoms with E-state index in [0.717, 1.165) is 11.4 Å². The molecule has 142 valence electrons. The Kier molecular flexibility index (Phi) is 4.93. The Morgan fingerprint density at radius 2 is 1.89 bits per heavy atom. The van der Waals surface area contributed by atoms with Gasteiger partial charge in [-0.1, -0.05) is 18.2 Å². The standard InChI is InChI=1S/C21H26N4O2/c1-11-7-6-8-12(2)17(11)10-23-18-9-16(20(22)27)19(15(5)26)25-14(4)13(3)24-21(18)25/h6-9,15,23,26H,10H2,1-5H3,(H2,22,27). The summed E-state index contributed by atoms with van der Waals surface area (Å²) in [5.41, 5.74) is 13.1. The minimum Gasteiger partial charge on any atom is -0.387 e. The third kappa shape index (κ3) is 3.28. The number of primary amides is 1. The van der Waals surface area contributed by atoms with Crippen molar-refractivity contribution in [2.45, 2.75) is 47.3 Å². The van der Waals surface area contributed by atoms with Crippen LogP contribution < -0.4 is 11.1 Å². The number of aliphatic hydroxyl groups excluding tert-OH is 1. The molecule has 4 N–H and O–H groups in total. The number of imidazole rings is 1. The second-order valence-electron chi connectivity index (χ2n) is 7.06. The molecule has 3 aromatic rings. The summed E-state index contributed by atoms with van der Waals surface area (Å²) in [7, 11) is 0. The smallest absolute Gasteiger partial charge is 0.250 e. The van der Waals surface area contributed by atoms with E-state index >= 15 is 0 Å². The number of nitrogens with one attached hydrogen (secondary N) is 1. The topological polar surface area (TPSA) is 92.6 Å². The Labute approximate surface area is 159 Å². The van der Waals surface area contributed by atoms with Crippen molar-refractivity contribution in [2.24, 2.45) is 5.73 Å². The van der Waals surface area contributed by atoms with Crippen LogP contribution in [0.4, 0.5) is 5.69 Å². The average molecular weight is 366 g/mol. The molecular weight excluding hydrogens is 340 g/mol. The Morgan fingerprint density at radius 1 is 1.26 bits per heavy atom. The van der Waals surface area contributed by atoms with E-state index in [0.29, 0.717) is 29.1 Å². The van der Waals surface area contributed by atoms with Crippen molar-refractivity contribution in [3.63, 3.8) is 0 Å². The molecule has 27 heavy (non-hydrogen) atoms. The van der Waals surface area contributed by atoms with Crippen LogP contribution in [0, 0.1) is 27.7 Å². The van der Waals surface area contributed by atoms with Gasteiger partial charge in [0.25, 0.3) is 5.91 Å². The number of nitrogens with zero attached hydrogens (tertiary/aromatic N) is 2. The maximum Gasteiger partial charge on any atom is 0.250 e. The van der Waals surface area contributed by atoms with Crippen molar-refractivity contribution in [1.29, 1.82) is 0 Å². The van der Waals surface area contributed by atoms with Gasteiger partial charge in [-0.2, -0.15) is 0 Å². The van der Waals surface area contributed by atoms with Gasteiger partial charge in [0.05, 0.1) is 28.7 Å². The van der Waals surface area contributed by atoms with Crippen molar-refractivity contribution >= 4 is 17.2 Å². The lowest BCUT2D eigenvalue weighted by molar-refractivity contribution is 0.0992. The van der Waals surface area contributed by atoms with Crippen LogP contribution in [0.2, 0.25) is 0 Å². The van der Waals surface area contributed by atoms with Crippen LogP contribution in [0.5, 0.6) is 0 Å². The van der Waals surface area contributed by atoms with E-state index in [1.165, 1.54) is 16.7 Å². The number of carbonyl (C=O) groups is 1. The maximum atomic E-state index is 12.1. The summed E-state index contributed by atoms with van der Waals surface area (Å²) in [6.45, 7) is 10.2. The molecule has 0 fully saturated rings. The van der Waals surface area contributed by atoms with Crippen LogP contribution in [-0.2, 0) is 6.54 Å². The monoisotopic (exact) mass is 366 g/mol. The van der Waals surface area contributed by atoms with E-state index in [4.69, 9.17) is 5.73 Å². The molecule has 1 aromatic carbocycles. The number of aromatic nitrogens is 2. The molecule has 2 heterocycles. The molecule has 6 nitrogen and oxygen atoms in total. The first-order valence-corrected chi connectivity index (χ1v) is 9.01. The highest BCUT2D eigenvalue weighted by Gasteiger charge is 2.22. The third-order valence-corrected chi connectivity index (χ3v) is 5.15. The van der Waals surface area contributed by atoms with Crippen LogP contribution in [0.3, 0.4) is 0 Å². The summed E-state index contributed by atoms with van der Waals surface area (Å²) < 4.78 is 1.83. The molecule has 6 heteroatoms. The molecule has 1 atom stereocenters. The Bertz CT molecular complexity index is 1010. The fraction of sp³-hybridized carbons (Fsp3) is 0.333. The molecule has 1 unspecified atom stereocenters. The van der Waals surface area contributed by atoms with Gasteiger partial charge in [-0.25, -0.2) is 4.98 Å². The maximum absolute atomic E-state index is 12.1. The summed E-state index contributed by atoms with van der Waals surface area (Å²) in [6, 6.07) is 7.89. The van der Waals surface area contributed by atoms with Crippen molar-refractivity contribution in [2.75, 3.05) is 5.32 Å². The number of rotatable bonds is 5. The Hall–Kier alpha value is -2.86. The number of hydrogen-bond acceptors (Lipinski definition) is 4. The van der Waals surface area contributed by atoms with Crippen LogP contribution in [0.1, 0.15) is 57.2 Å². The van der Waals surface area contributed by atoms with Gasteiger partial charge in [0.15, 0.2) is 5.65 Å². The summed E-state index contributed by atoms with van der Waals surface area (Å²) in [5, 5.41) is 13.7. The highest BCUT2D eigenvalue weighted by atomic mass is 16.3. The highest BCUT2D eigenvalue weighted by Crippen LogP contribution is 2.29. The van der Waals surface area contributed by atoms with Gasteiger partial charge in [-0.15, -0.1) is 0 Å². The van der Waals surface area contributed by atoms with Gasteiger partial charge in [0.1, 0.15) is 0 Å². The lowest BCUT2D eigenvalue weighted by Crippen LogP contribution is -2.19. The molecular formula is C21H26N4O2. The van der Waals surface area contributed by atoms with Crippen LogP contribution in [0.25, 0.3) is 5.65 Å². The van der Waals surface area contributed by atoms with Gasteiger partial charge >= 0.3 is 0 Å². The van der Waals surface area contributed by atoms with Crippen molar-refractivity contribution < 1.29 is 9.90 Å². The molecule has 1 amide bonds. The zero-order valence-corrected chi connectivity index (χ0v) is 16.4. The molecule has 0 bridgehead atoms. The van der Waals surface area contributed by atoms with Crippen molar-refractivity contribution in [1.82, 2.24) is 9.38 Å². The quantitative estimate of drug-likeness (QED) is 0.646. The summed E-state index contributed by atoms with van der Waals surface area (Å²) in [4.78, 5) is 16.7. The molecule has 0 aliphatic heterocycles. The molecule has 0 spiro atoms. The van der Waals surface area contributed by atoms with Gasteiger partial charge in [0.2, 0.25) is 0 Å². The molecule has 0 saturated heterocycles. The number of amides is 1. The molecule has 2 aromatic heterocycles. The van der Waals surface area contributed by atoms with Crippen molar-refractivity contribution in [3.05, 3.63) is 63.6 Å². The minimum atomic E-state index is -0.852. The molecule has 0 radical (unpaired) electrons. The largest absolute Gasteiger partial charge is 0.387 e. The van der Waals surface area contributed by atoms with E-state index in [-0.39, 0.29) is 0 Å². The first-order chi connectivity index (χ1) is 12.7. The number of carbonyl (C=O) groups excluding carboxylic acids is 1. The van der Waals surface area contributed by atoms with E-state index in [9.17, 15) is 9.90 Å². The number of anilines is 1. The lowest BCUT2D eigenvalue weighted by Gasteiger charge is -2.18. The highest BCUT2D eigenvalue weighted by molar-refractivity contribution is 5.96. The zero-order chi connectivity index (χ0) is 19.9. The fourth-order valence-electron chi connectivity index (χ4n) is 3.54. The van der Waals surface area contributed by atoms with Gasteiger partial charge < -0.3 is 16.2 Å². The number of pyridine rings is 1. The second-order valence-corrected chi connectivity index (χ2v) is 7.06. The first-order valence-electron chi connectivity index (χ1n) is 9.01. The second kappa shape index (κ2) is 7.04. The third-order valence-electron chi connectivity index (χ3n) is 5.15. The molecule has 0 aliphatic rings. The molecule has 0 aliphatic carbocycles. The van der Waals surface area contributed by atoms with Crippen LogP contribution in [0.15, 0.2) is 24.3 Å². The van der Waals surface area contributed by atoms with Gasteiger partial charge in [-0.3, -0.25) is 9.20 Å². The normalized spacial score (nSPS) is 12.4. The van der Waals surface area contributed by atoms with E-state index in [1.807, 2.05) is 24.3 Å². The minimum absolute atomic E-state index is 0.294. The predicted octanol–water partition coefficient (Wildman–Crippen LogP) is 3.33. The number of aliphatic hydroxyl groups is 1. The number of hydrogen-bond donors (Lipinski definition) is 3. The summed E-state index contributed by atoms with van der Waals surface area (Å²) in [5.74, 6) is -0.575.